The summed E-state index contributed by atoms with van der Waals surface area (Å²) in [6.07, 6.45) is 0. The lowest BCUT2D eigenvalue weighted by atomic mass is 9.92. The number of amides is 1. The SMILES string of the molecule is CC(C)(C)c1cc(NC(=O)Cn2[nH]c(=O)ccc2=O)n[nH]1. The standard InChI is InChI=1S/C13H17N5O3/c1-13(2,3)8-6-9(16-15-8)14-11(20)7-18-12(21)5-4-10(19)17-18/h4-6H,7H2,1-3H3,(H,17,19)(H2,14,15,16,20). The van der Waals surface area contributed by atoms with Gasteiger partial charge in [0.15, 0.2) is 5.82 Å². The van der Waals surface area contributed by atoms with Crippen molar-refractivity contribution < 1.29 is 4.79 Å². The number of hydrogen-bond donors (Lipinski definition) is 3. The van der Waals surface area contributed by atoms with E-state index in [-0.39, 0.29) is 12.0 Å². The Balaban J connectivity index is 2.08. The van der Waals surface area contributed by atoms with Gasteiger partial charge in [0.25, 0.3) is 11.1 Å². The second-order valence-corrected chi connectivity index (χ2v) is 5.70. The monoisotopic (exact) mass is 291 g/mol. The van der Waals surface area contributed by atoms with E-state index in [1.54, 1.807) is 6.07 Å². The molecule has 0 aliphatic carbocycles. The van der Waals surface area contributed by atoms with E-state index in [0.717, 1.165) is 22.5 Å². The van der Waals surface area contributed by atoms with Gasteiger partial charge in [-0.05, 0) is 0 Å². The van der Waals surface area contributed by atoms with Crippen molar-refractivity contribution in [3.05, 3.63) is 44.6 Å². The molecule has 8 heteroatoms. The van der Waals surface area contributed by atoms with Crippen LogP contribution in [0.4, 0.5) is 5.82 Å². The molecule has 2 aromatic heterocycles. The Morgan fingerprint density at radius 2 is 2.05 bits per heavy atom. The maximum atomic E-state index is 11.9. The lowest BCUT2D eigenvalue weighted by Gasteiger charge is -2.14. The molecular weight excluding hydrogens is 274 g/mol. The first-order chi connectivity index (χ1) is 9.75. The summed E-state index contributed by atoms with van der Waals surface area (Å²) in [4.78, 5) is 34.5. The molecular formula is C13H17N5O3. The molecule has 8 nitrogen and oxygen atoms in total. The van der Waals surface area contributed by atoms with E-state index < -0.39 is 17.0 Å². The lowest BCUT2D eigenvalue weighted by Crippen LogP contribution is -2.32. The van der Waals surface area contributed by atoms with E-state index in [9.17, 15) is 14.4 Å². The molecule has 0 radical (unpaired) electrons. The van der Waals surface area contributed by atoms with Crippen molar-refractivity contribution in [3.63, 3.8) is 0 Å². The van der Waals surface area contributed by atoms with E-state index in [0.29, 0.717) is 5.82 Å². The number of aromatic nitrogens is 4. The molecule has 0 aliphatic heterocycles. The third-order valence-electron chi connectivity index (χ3n) is 2.84. The number of anilines is 1. The lowest BCUT2D eigenvalue weighted by molar-refractivity contribution is -0.117. The number of nitrogens with zero attached hydrogens (tertiary/aromatic N) is 2. The highest BCUT2D eigenvalue weighted by Gasteiger charge is 2.17. The molecule has 0 atom stereocenters. The molecule has 2 aromatic rings. The number of aromatic amines is 2. The molecule has 0 aliphatic rings. The first-order valence-corrected chi connectivity index (χ1v) is 6.41. The first-order valence-electron chi connectivity index (χ1n) is 6.41. The van der Waals surface area contributed by atoms with Crippen LogP contribution in [-0.2, 0) is 16.8 Å². The Hall–Kier alpha value is -2.64. The fraction of sp³-hybridized carbons (Fsp3) is 0.385. The van der Waals surface area contributed by atoms with Crippen molar-refractivity contribution in [1.82, 2.24) is 20.0 Å². The van der Waals surface area contributed by atoms with Crippen molar-refractivity contribution in [2.24, 2.45) is 0 Å². The van der Waals surface area contributed by atoms with Crippen LogP contribution in [0.5, 0.6) is 0 Å². The number of nitrogens with one attached hydrogen (secondary N) is 3. The van der Waals surface area contributed by atoms with Gasteiger partial charge in [-0.25, -0.2) is 4.68 Å². The summed E-state index contributed by atoms with van der Waals surface area (Å²) in [6.45, 7) is 5.76. The van der Waals surface area contributed by atoms with Crippen molar-refractivity contribution in [3.8, 4) is 0 Å². The summed E-state index contributed by atoms with van der Waals surface area (Å²) < 4.78 is 0.939. The smallest absolute Gasteiger partial charge is 0.265 e. The second-order valence-electron chi connectivity index (χ2n) is 5.70. The Morgan fingerprint density at radius 3 is 2.67 bits per heavy atom. The van der Waals surface area contributed by atoms with Gasteiger partial charge >= 0.3 is 0 Å². The van der Waals surface area contributed by atoms with Crippen LogP contribution in [0.3, 0.4) is 0 Å². The minimum atomic E-state index is -0.456. The van der Waals surface area contributed by atoms with E-state index >= 15 is 0 Å². The van der Waals surface area contributed by atoms with Gasteiger partial charge in [0.2, 0.25) is 5.91 Å². The molecule has 2 rings (SSSR count). The van der Waals surface area contributed by atoms with Crippen LogP contribution in [-0.4, -0.2) is 25.9 Å². The maximum absolute atomic E-state index is 11.9. The molecule has 0 saturated heterocycles. The summed E-state index contributed by atoms with van der Waals surface area (Å²) in [5, 5.41) is 11.7. The average Bonchev–Trinajstić information content (AvgIpc) is 2.82. The third kappa shape index (κ3) is 3.68. The molecule has 0 fully saturated rings. The molecule has 0 spiro atoms. The fourth-order valence-corrected chi connectivity index (χ4v) is 1.68. The number of rotatable bonds is 3. The van der Waals surface area contributed by atoms with Crippen molar-refractivity contribution >= 4 is 11.7 Å². The number of carbonyl (C=O) groups is 1. The van der Waals surface area contributed by atoms with Crippen LogP contribution in [0.15, 0.2) is 27.8 Å². The maximum Gasteiger partial charge on any atom is 0.265 e. The Kier molecular flexibility index (Phi) is 3.79. The molecule has 0 aromatic carbocycles. The summed E-state index contributed by atoms with van der Waals surface area (Å²) in [6, 6.07) is 3.95. The van der Waals surface area contributed by atoms with E-state index in [1.807, 2.05) is 20.8 Å². The van der Waals surface area contributed by atoms with Crippen molar-refractivity contribution in [2.45, 2.75) is 32.7 Å². The number of carbonyl (C=O) groups excluding carboxylic acids is 1. The second kappa shape index (κ2) is 5.39. The fourth-order valence-electron chi connectivity index (χ4n) is 1.68. The quantitative estimate of drug-likeness (QED) is 0.749. The van der Waals surface area contributed by atoms with Crippen molar-refractivity contribution in [1.29, 1.82) is 0 Å². The van der Waals surface area contributed by atoms with Gasteiger partial charge in [-0.1, -0.05) is 20.8 Å². The zero-order valence-corrected chi connectivity index (χ0v) is 12.1. The molecule has 1 amide bonds. The van der Waals surface area contributed by atoms with E-state index in [4.69, 9.17) is 0 Å². The number of hydrogen-bond acceptors (Lipinski definition) is 4. The normalized spacial score (nSPS) is 11.4. The van der Waals surface area contributed by atoms with Crippen LogP contribution in [0.25, 0.3) is 0 Å². The van der Waals surface area contributed by atoms with Crippen LogP contribution in [0.2, 0.25) is 0 Å². The first kappa shape index (κ1) is 14.8. The topological polar surface area (TPSA) is 113 Å². The summed E-state index contributed by atoms with van der Waals surface area (Å²) >= 11 is 0. The zero-order valence-electron chi connectivity index (χ0n) is 12.1. The summed E-state index contributed by atoms with van der Waals surface area (Å²) in [7, 11) is 0. The summed E-state index contributed by atoms with van der Waals surface area (Å²) in [5.74, 6) is -0.0813. The van der Waals surface area contributed by atoms with Gasteiger partial charge in [0, 0.05) is 29.3 Å². The van der Waals surface area contributed by atoms with Crippen LogP contribution >= 0.6 is 0 Å². The van der Waals surface area contributed by atoms with Gasteiger partial charge < -0.3 is 5.32 Å². The highest BCUT2D eigenvalue weighted by molar-refractivity contribution is 5.89. The van der Waals surface area contributed by atoms with E-state index in [1.165, 1.54) is 0 Å². The highest BCUT2D eigenvalue weighted by Crippen LogP contribution is 2.21. The van der Waals surface area contributed by atoms with Crippen LogP contribution in [0.1, 0.15) is 26.5 Å². The van der Waals surface area contributed by atoms with Crippen molar-refractivity contribution in [2.75, 3.05) is 5.32 Å². The number of H-pyrrole nitrogens is 2. The Morgan fingerprint density at radius 1 is 1.33 bits per heavy atom. The van der Waals surface area contributed by atoms with Gasteiger partial charge in [-0.2, -0.15) is 5.10 Å². The molecule has 3 N–H and O–H groups in total. The van der Waals surface area contributed by atoms with Crippen LogP contribution in [0, 0.1) is 0 Å². The highest BCUT2D eigenvalue weighted by atomic mass is 16.2. The van der Waals surface area contributed by atoms with Gasteiger partial charge in [-0.15, -0.1) is 0 Å². The zero-order chi connectivity index (χ0) is 15.6. The molecule has 2 heterocycles. The molecule has 0 saturated carbocycles. The minimum Gasteiger partial charge on any atom is -0.308 e. The Labute approximate surface area is 120 Å². The minimum absolute atomic E-state index is 0.114. The van der Waals surface area contributed by atoms with Gasteiger partial charge in [0.05, 0.1) is 0 Å². The largest absolute Gasteiger partial charge is 0.308 e. The summed E-state index contributed by atoms with van der Waals surface area (Å²) in [5.41, 5.74) is -0.139. The molecule has 0 bridgehead atoms. The van der Waals surface area contributed by atoms with E-state index in [2.05, 4.69) is 20.6 Å². The van der Waals surface area contributed by atoms with Gasteiger partial charge in [-0.3, -0.25) is 24.6 Å². The van der Waals surface area contributed by atoms with Crippen LogP contribution < -0.4 is 16.4 Å². The predicted octanol–water partition coefficient (Wildman–Crippen LogP) is 0.196. The third-order valence-corrected chi connectivity index (χ3v) is 2.84. The average molecular weight is 291 g/mol. The predicted molar refractivity (Wildman–Crippen MR) is 77.2 cm³/mol. The Bertz CT molecular complexity index is 763. The molecule has 21 heavy (non-hydrogen) atoms. The van der Waals surface area contributed by atoms with Gasteiger partial charge in [0.1, 0.15) is 6.54 Å². The molecule has 0 unspecified atom stereocenters. The molecule has 112 valence electrons.